The van der Waals surface area contributed by atoms with E-state index in [4.69, 9.17) is 11.6 Å². The third kappa shape index (κ3) is 3.15. The van der Waals surface area contributed by atoms with Gasteiger partial charge in [0, 0.05) is 23.7 Å². The Hall–Kier alpha value is -2.66. The molecule has 6 heteroatoms. The maximum absolute atomic E-state index is 11.1. The zero-order valence-corrected chi connectivity index (χ0v) is 12.6. The van der Waals surface area contributed by atoms with E-state index in [1.807, 2.05) is 48.5 Å². The predicted molar refractivity (Wildman–Crippen MR) is 88.6 cm³/mol. The maximum Gasteiger partial charge on any atom is 0.224 e. The molecule has 0 fully saturated rings. The zero-order valence-electron chi connectivity index (χ0n) is 11.8. The first kappa shape index (κ1) is 14.3. The fourth-order valence-corrected chi connectivity index (χ4v) is 2.33. The standard InChI is InChI=1S/C16H13ClN4O/c1-10(22)18-11-5-4-6-12(9-11)19-15-13-7-2-3-8-14(13)20-16(17)21-15/h2-9H,1H3,(H,18,22)(H,19,20,21). The molecule has 0 aliphatic carbocycles. The molecule has 3 aromatic rings. The molecule has 0 saturated carbocycles. The molecule has 0 aliphatic rings. The molecule has 0 bridgehead atoms. The first-order valence-corrected chi connectivity index (χ1v) is 7.06. The van der Waals surface area contributed by atoms with Gasteiger partial charge in [0.2, 0.25) is 11.2 Å². The summed E-state index contributed by atoms with van der Waals surface area (Å²) in [6, 6.07) is 15.0. The third-order valence-electron chi connectivity index (χ3n) is 3.02. The van der Waals surface area contributed by atoms with Crippen LogP contribution < -0.4 is 10.6 Å². The first-order valence-electron chi connectivity index (χ1n) is 6.69. The Bertz CT molecular complexity index is 850. The molecular formula is C16H13ClN4O. The lowest BCUT2D eigenvalue weighted by Crippen LogP contribution is -2.06. The molecule has 3 rings (SSSR count). The molecule has 0 atom stereocenters. The number of benzene rings is 2. The summed E-state index contributed by atoms with van der Waals surface area (Å²) in [7, 11) is 0. The number of anilines is 3. The maximum atomic E-state index is 11.1. The molecule has 5 nitrogen and oxygen atoms in total. The van der Waals surface area contributed by atoms with Crippen LogP contribution in [0, 0.1) is 0 Å². The highest BCUT2D eigenvalue weighted by molar-refractivity contribution is 6.28. The Morgan fingerprint density at radius 3 is 2.64 bits per heavy atom. The minimum Gasteiger partial charge on any atom is -0.340 e. The summed E-state index contributed by atoms with van der Waals surface area (Å²) in [6.45, 7) is 1.47. The highest BCUT2D eigenvalue weighted by Gasteiger charge is 2.07. The van der Waals surface area contributed by atoms with Crippen molar-refractivity contribution in [2.75, 3.05) is 10.6 Å². The van der Waals surface area contributed by atoms with Crippen LogP contribution in [0.1, 0.15) is 6.92 Å². The third-order valence-corrected chi connectivity index (χ3v) is 3.19. The van der Waals surface area contributed by atoms with Gasteiger partial charge in [0.1, 0.15) is 5.82 Å². The number of nitrogens with zero attached hydrogens (tertiary/aromatic N) is 2. The number of carbonyl (C=O) groups excluding carboxylic acids is 1. The number of hydrogen-bond acceptors (Lipinski definition) is 4. The van der Waals surface area contributed by atoms with Gasteiger partial charge in [-0.1, -0.05) is 18.2 Å². The number of rotatable bonds is 3. The lowest BCUT2D eigenvalue weighted by atomic mass is 10.2. The van der Waals surface area contributed by atoms with Crippen LogP contribution in [0.5, 0.6) is 0 Å². The number of fused-ring (bicyclic) bond motifs is 1. The van der Waals surface area contributed by atoms with E-state index in [9.17, 15) is 4.79 Å². The number of aromatic nitrogens is 2. The molecule has 2 aromatic carbocycles. The van der Waals surface area contributed by atoms with Crippen LogP contribution in [0.4, 0.5) is 17.2 Å². The largest absolute Gasteiger partial charge is 0.340 e. The van der Waals surface area contributed by atoms with Crippen molar-refractivity contribution in [3.05, 3.63) is 53.8 Å². The van der Waals surface area contributed by atoms with Crippen molar-refractivity contribution in [2.45, 2.75) is 6.92 Å². The van der Waals surface area contributed by atoms with Crippen molar-refractivity contribution >= 4 is 45.6 Å². The van der Waals surface area contributed by atoms with Crippen molar-refractivity contribution < 1.29 is 4.79 Å². The summed E-state index contributed by atoms with van der Waals surface area (Å²) < 4.78 is 0. The van der Waals surface area contributed by atoms with Gasteiger partial charge in [-0.05, 0) is 41.9 Å². The van der Waals surface area contributed by atoms with Crippen LogP contribution in [0.15, 0.2) is 48.5 Å². The van der Waals surface area contributed by atoms with Gasteiger partial charge in [0.15, 0.2) is 0 Å². The Morgan fingerprint density at radius 2 is 1.82 bits per heavy atom. The van der Waals surface area contributed by atoms with E-state index in [0.717, 1.165) is 16.6 Å². The summed E-state index contributed by atoms with van der Waals surface area (Å²) in [5.74, 6) is 0.503. The van der Waals surface area contributed by atoms with Crippen LogP contribution in [0.25, 0.3) is 10.9 Å². The molecular weight excluding hydrogens is 300 g/mol. The van der Waals surface area contributed by atoms with E-state index in [1.165, 1.54) is 6.92 Å². The molecule has 0 radical (unpaired) electrons. The van der Waals surface area contributed by atoms with Crippen molar-refractivity contribution in [1.82, 2.24) is 9.97 Å². The molecule has 0 unspecified atom stereocenters. The van der Waals surface area contributed by atoms with Crippen LogP contribution in [-0.4, -0.2) is 15.9 Å². The summed E-state index contributed by atoms with van der Waals surface area (Å²) in [4.78, 5) is 19.6. The van der Waals surface area contributed by atoms with E-state index in [1.54, 1.807) is 0 Å². The number of amides is 1. The SMILES string of the molecule is CC(=O)Nc1cccc(Nc2nc(Cl)nc3ccccc23)c1. The molecule has 110 valence electrons. The van der Waals surface area contributed by atoms with Gasteiger partial charge in [0.05, 0.1) is 5.52 Å². The van der Waals surface area contributed by atoms with Gasteiger partial charge in [0.25, 0.3) is 0 Å². The Morgan fingerprint density at radius 1 is 1.05 bits per heavy atom. The van der Waals surface area contributed by atoms with Crippen LogP contribution in [-0.2, 0) is 4.79 Å². The molecule has 0 spiro atoms. The topological polar surface area (TPSA) is 66.9 Å². The number of carbonyl (C=O) groups is 1. The smallest absolute Gasteiger partial charge is 0.224 e. The first-order chi connectivity index (χ1) is 10.6. The quantitative estimate of drug-likeness (QED) is 0.718. The van der Waals surface area contributed by atoms with Crippen LogP contribution in [0.2, 0.25) is 5.28 Å². The van der Waals surface area contributed by atoms with Crippen molar-refractivity contribution in [1.29, 1.82) is 0 Å². The average molecular weight is 313 g/mol. The van der Waals surface area contributed by atoms with E-state index in [-0.39, 0.29) is 11.2 Å². The van der Waals surface area contributed by atoms with Crippen molar-refractivity contribution in [2.24, 2.45) is 0 Å². The van der Waals surface area contributed by atoms with E-state index in [0.29, 0.717) is 11.5 Å². The molecule has 1 heterocycles. The predicted octanol–water partition coefficient (Wildman–Crippen LogP) is 3.99. The normalized spacial score (nSPS) is 10.5. The highest BCUT2D eigenvalue weighted by atomic mass is 35.5. The van der Waals surface area contributed by atoms with Gasteiger partial charge in [-0.25, -0.2) is 4.98 Å². The molecule has 0 saturated heterocycles. The monoisotopic (exact) mass is 312 g/mol. The molecule has 0 aliphatic heterocycles. The Labute approximate surface area is 132 Å². The van der Waals surface area contributed by atoms with E-state index in [2.05, 4.69) is 20.6 Å². The molecule has 1 aromatic heterocycles. The fourth-order valence-electron chi connectivity index (χ4n) is 2.16. The van der Waals surface area contributed by atoms with Gasteiger partial charge in [-0.2, -0.15) is 4.98 Å². The number of nitrogens with one attached hydrogen (secondary N) is 2. The zero-order chi connectivity index (χ0) is 15.5. The number of hydrogen-bond donors (Lipinski definition) is 2. The molecule has 22 heavy (non-hydrogen) atoms. The minimum absolute atomic E-state index is 0.118. The van der Waals surface area contributed by atoms with Gasteiger partial charge in [-0.15, -0.1) is 0 Å². The Balaban J connectivity index is 1.98. The summed E-state index contributed by atoms with van der Waals surface area (Å²) in [5.41, 5.74) is 2.27. The number of halogens is 1. The summed E-state index contributed by atoms with van der Waals surface area (Å²) in [6.07, 6.45) is 0. The fraction of sp³-hybridized carbons (Fsp3) is 0.0625. The highest BCUT2D eigenvalue weighted by Crippen LogP contribution is 2.26. The lowest BCUT2D eigenvalue weighted by Gasteiger charge is -2.10. The van der Waals surface area contributed by atoms with E-state index >= 15 is 0 Å². The minimum atomic E-state index is -0.118. The second-order valence-electron chi connectivity index (χ2n) is 4.75. The van der Waals surface area contributed by atoms with Gasteiger partial charge < -0.3 is 10.6 Å². The molecule has 1 amide bonds. The van der Waals surface area contributed by atoms with E-state index < -0.39 is 0 Å². The molecule has 2 N–H and O–H groups in total. The average Bonchev–Trinajstić information content (AvgIpc) is 2.46. The van der Waals surface area contributed by atoms with Gasteiger partial charge in [-0.3, -0.25) is 4.79 Å². The lowest BCUT2D eigenvalue weighted by molar-refractivity contribution is -0.114. The van der Waals surface area contributed by atoms with Crippen molar-refractivity contribution in [3.8, 4) is 0 Å². The summed E-state index contributed by atoms with van der Waals surface area (Å²) >= 11 is 5.97. The van der Waals surface area contributed by atoms with Crippen molar-refractivity contribution in [3.63, 3.8) is 0 Å². The summed E-state index contributed by atoms with van der Waals surface area (Å²) in [5, 5.41) is 7.01. The number of para-hydroxylation sites is 1. The van der Waals surface area contributed by atoms with Gasteiger partial charge >= 0.3 is 0 Å². The van der Waals surface area contributed by atoms with Crippen LogP contribution >= 0.6 is 11.6 Å². The second-order valence-corrected chi connectivity index (χ2v) is 5.08. The Kier molecular flexibility index (Phi) is 3.89. The second kappa shape index (κ2) is 5.99. The van der Waals surface area contributed by atoms with Crippen LogP contribution in [0.3, 0.4) is 0 Å².